The van der Waals surface area contributed by atoms with E-state index >= 15 is 0 Å². The summed E-state index contributed by atoms with van der Waals surface area (Å²) in [5.41, 5.74) is 1.17. The number of hydrogen-bond donors (Lipinski definition) is 3. The Kier molecular flexibility index (Phi) is 7.56. The molecule has 0 aliphatic heterocycles. The third-order valence-electron chi connectivity index (χ3n) is 2.46. The van der Waals surface area contributed by atoms with Gasteiger partial charge in [0.25, 0.3) is 0 Å². The zero-order valence-electron chi connectivity index (χ0n) is 11.8. The molecule has 1 aromatic heterocycles. The van der Waals surface area contributed by atoms with Crippen molar-refractivity contribution in [2.75, 3.05) is 25.4 Å². The maximum Gasteiger partial charge on any atom is 0.211 e. The molecule has 0 amide bonds. The minimum Gasteiger partial charge on any atom is -0.357 e. The standard InChI is InChI=1S/C12H22N4O2S2/c1-3-13-12(15-9-11-5-8-19-10-11)14-6-7-16-20(17,18)4-2/h5,8,10,16H,3-4,6-7,9H2,1-2H3,(H2,13,14,15). The van der Waals surface area contributed by atoms with Gasteiger partial charge in [-0.25, -0.2) is 18.1 Å². The number of sulfonamides is 1. The second kappa shape index (κ2) is 8.93. The summed E-state index contributed by atoms with van der Waals surface area (Å²) in [4.78, 5) is 4.43. The summed E-state index contributed by atoms with van der Waals surface area (Å²) >= 11 is 1.64. The first-order valence-electron chi connectivity index (χ1n) is 6.58. The van der Waals surface area contributed by atoms with Crippen molar-refractivity contribution in [1.82, 2.24) is 15.4 Å². The van der Waals surface area contributed by atoms with Crippen LogP contribution in [-0.2, 0) is 16.6 Å². The molecule has 0 saturated carbocycles. The highest BCUT2D eigenvalue weighted by Gasteiger charge is 2.04. The smallest absolute Gasteiger partial charge is 0.211 e. The highest BCUT2D eigenvalue weighted by Crippen LogP contribution is 2.06. The van der Waals surface area contributed by atoms with Gasteiger partial charge in [-0.05, 0) is 36.2 Å². The average molecular weight is 318 g/mol. The zero-order chi connectivity index (χ0) is 14.8. The van der Waals surface area contributed by atoms with E-state index in [2.05, 4.69) is 25.7 Å². The number of guanidine groups is 1. The molecule has 0 radical (unpaired) electrons. The first kappa shape index (κ1) is 16.9. The second-order valence-corrected chi connectivity index (χ2v) is 6.93. The van der Waals surface area contributed by atoms with E-state index in [4.69, 9.17) is 0 Å². The van der Waals surface area contributed by atoms with Gasteiger partial charge in [-0.1, -0.05) is 0 Å². The summed E-state index contributed by atoms with van der Waals surface area (Å²) in [7, 11) is -3.13. The molecule has 6 nitrogen and oxygen atoms in total. The van der Waals surface area contributed by atoms with Gasteiger partial charge in [-0.15, -0.1) is 0 Å². The van der Waals surface area contributed by atoms with Crippen LogP contribution >= 0.6 is 11.3 Å². The van der Waals surface area contributed by atoms with Crippen LogP contribution in [0.1, 0.15) is 19.4 Å². The Hall–Kier alpha value is -1.12. The van der Waals surface area contributed by atoms with E-state index in [1.165, 1.54) is 5.56 Å². The van der Waals surface area contributed by atoms with Gasteiger partial charge in [0.15, 0.2) is 5.96 Å². The van der Waals surface area contributed by atoms with Crippen LogP contribution in [0.4, 0.5) is 0 Å². The van der Waals surface area contributed by atoms with Crippen LogP contribution in [0.3, 0.4) is 0 Å². The fraction of sp³-hybridized carbons (Fsp3) is 0.583. The Labute approximate surface area is 124 Å². The zero-order valence-corrected chi connectivity index (χ0v) is 13.5. The third-order valence-corrected chi connectivity index (χ3v) is 4.60. The number of nitrogens with one attached hydrogen (secondary N) is 3. The minimum absolute atomic E-state index is 0.0965. The lowest BCUT2D eigenvalue weighted by Gasteiger charge is -2.11. The largest absolute Gasteiger partial charge is 0.357 e. The van der Waals surface area contributed by atoms with Gasteiger partial charge in [-0.2, -0.15) is 11.3 Å². The summed E-state index contributed by atoms with van der Waals surface area (Å²) in [6.45, 7) is 5.81. The van der Waals surface area contributed by atoms with Crippen molar-refractivity contribution in [3.8, 4) is 0 Å². The summed E-state index contributed by atoms with van der Waals surface area (Å²) in [5.74, 6) is 0.786. The molecule has 0 saturated heterocycles. The lowest BCUT2D eigenvalue weighted by Crippen LogP contribution is -2.41. The number of thiophene rings is 1. The van der Waals surface area contributed by atoms with Crippen LogP contribution in [0.25, 0.3) is 0 Å². The molecule has 3 N–H and O–H groups in total. The van der Waals surface area contributed by atoms with Crippen molar-refractivity contribution in [3.05, 3.63) is 22.4 Å². The van der Waals surface area contributed by atoms with Gasteiger partial charge >= 0.3 is 0 Å². The molecule has 0 aliphatic rings. The normalized spacial score (nSPS) is 12.4. The Morgan fingerprint density at radius 3 is 2.70 bits per heavy atom. The fourth-order valence-corrected chi connectivity index (χ4v) is 2.66. The predicted octanol–water partition coefficient (Wildman–Crippen LogP) is 0.743. The van der Waals surface area contributed by atoms with Gasteiger partial charge in [-0.3, -0.25) is 0 Å². The number of nitrogens with zero attached hydrogens (tertiary/aromatic N) is 1. The van der Waals surface area contributed by atoms with Gasteiger partial charge in [0.1, 0.15) is 0 Å². The highest BCUT2D eigenvalue weighted by molar-refractivity contribution is 7.89. The van der Waals surface area contributed by atoms with Crippen LogP contribution in [0.5, 0.6) is 0 Å². The molecule has 0 atom stereocenters. The Morgan fingerprint density at radius 2 is 2.10 bits per heavy atom. The molecule has 114 valence electrons. The lowest BCUT2D eigenvalue weighted by atomic mass is 10.3. The molecule has 0 aromatic carbocycles. The van der Waals surface area contributed by atoms with Crippen molar-refractivity contribution >= 4 is 27.3 Å². The molecule has 1 aromatic rings. The van der Waals surface area contributed by atoms with E-state index in [0.29, 0.717) is 25.6 Å². The lowest BCUT2D eigenvalue weighted by molar-refractivity contribution is 0.582. The van der Waals surface area contributed by atoms with Crippen LogP contribution in [0.2, 0.25) is 0 Å². The molecular weight excluding hydrogens is 296 g/mol. The first-order chi connectivity index (χ1) is 9.57. The van der Waals surface area contributed by atoms with Crippen LogP contribution in [-0.4, -0.2) is 39.8 Å². The molecule has 0 bridgehead atoms. The van der Waals surface area contributed by atoms with Gasteiger partial charge < -0.3 is 10.6 Å². The van der Waals surface area contributed by atoms with Crippen molar-refractivity contribution in [2.24, 2.45) is 4.99 Å². The Balaban J connectivity index is 2.37. The molecule has 20 heavy (non-hydrogen) atoms. The van der Waals surface area contributed by atoms with Crippen LogP contribution in [0, 0.1) is 0 Å². The van der Waals surface area contributed by atoms with Crippen molar-refractivity contribution in [3.63, 3.8) is 0 Å². The maximum atomic E-state index is 11.3. The van der Waals surface area contributed by atoms with Crippen LogP contribution < -0.4 is 15.4 Å². The third kappa shape index (κ3) is 6.88. The molecule has 0 aliphatic carbocycles. The Bertz CT molecular complexity index is 498. The predicted molar refractivity (Wildman–Crippen MR) is 84.6 cm³/mol. The van der Waals surface area contributed by atoms with E-state index in [-0.39, 0.29) is 5.75 Å². The average Bonchev–Trinajstić information content (AvgIpc) is 2.94. The highest BCUT2D eigenvalue weighted by atomic mass is 32.2. The SMILES string of the molecule is CCNC(=NCc1ccsc1)NCCNS(=O)(=O)CC. The molecule has 0 unspecified atom stereocenters. The first-order valence-corrected chi connectivity index (χ1v) is 9.17. The van der Waals surface area contributed by atoms with Crippen molar-refractivity contribution in [1.29, 1.82) is 0 Å². The van der Waals surface area contributed by atoms with Gasteiger partial charge in [0.2, 0.25) is 10.0 Å². The summed E-state index contributed by atoms with van der Waals surface area (Å²) in [6.07, 6.45) is 0. The quantitative estimate of drug-likeness (QED) is 0.375. The Morgan fingerprint density at radius 1 is 1.30 bits per heavy atom. The fourth-order valence-electron chi connectivity index (χ4n) is 1.38. The molecule has 0 fully saturated rings. The molecule has 8 heteroatoms. The number of hydrogen-bond acceptors (Lipinski definition) is 4. The summed E-state index contributed by atoms with van der Waals surface area (Å²) in [6, 6.07) is 2.03. The minimum atomic E-state index is -3.13. The van der Waals surface area contributed by atoms with Gasteiger partial charge in [0, 0.05) is 19.6 Å². The van der Waals surface area contributed by atoms with Crippen LogP contribution in [0.15, 0.2) is 21.8 Å². The molecular formula is C12H22N4O2S2. The second-order valence-electron chi connectivity index (χ2n) is 4.05. The number of rotatable bonds is 8. The van der Waals surface area contributed by atoms with E-state index < -0.39 is 10.0 Å². The van der Waals surface area contributed by atoms with Gasteiger partial charge in [0.05, 0.1) is 12.3 Å². The van der Waals surface area contributed by atoms with Crippen molar-refractivity contribution in [2.45, 2.75) is 20.4 Å². The molecule has 1 rings (SSSR count). The van der Waals surface area contributed by atoms with E-state index in [0.717, 1.165) is 6.54 Å². The monoisotopic (exact) mass is 318 g/mol. The summed E-state index contributed by atoms with van der Waals surface area (Å²) in [5, 5.41) is 10.3. The summed E-state index contributed by atoms with van der Waals surface area (Å²) < 4.78 is 25.0. The number of aliphatic imine (C=N–C) groups is 1. The van der Waals surface area contributed by atoms with E-state index in [9.17, 15) is 8.42 Å². The van der Waals surface area contributed by atoms with Crippen molar-refractivity contribution < 1.29 is 8.42 Å². The molecule has 0 spiro atoms. The maximum absolute atomic E-state index is 11.3. The topological polar surface area (TPSA) is 82.6 Å². The molecule has 1 heterocycles. The van der Waals surface area contributed by atoms with E-state index in [1.54, 1.807) is 18.3 Å². The van der Waals surface area contributed by atoms with E-state index in [1.807, 2.05) is 18.4 Å².